The van der Waals surface area contributed by atoms with E-state index in [-0.39, 0.29) is 18.6 Å². The summed E-state index contributed by atoms with van der Waals surface area (Å²) in [6.45, 7) is 2.72. The zero-order valence-electron chi connectivity index (χ0n) is 17.5. The van der Waals surface area contributed by atoms with Crippen LogP contribution in [-0.2, 0) is 22.6 Å². The first-order valence-electron chi connectivity index (χ1n) is 10.3. The molecule has 0 aliphatic rings. The zero-order chi connectivity index (χ0) is 22.4. The van der Waals surface area contributed by atoms with Crippen molar-refractivity contribution in [1.82, 2.24) is 4.57 Å². The molecular formula is C24H26N2O5. The smallest absolute Gasteiger partial charge is 0.303 e. The van der Waals surface area contributed by atoms with Gasteiger partial charge in [-0.2, -0.15) is 0 Å². The molecule has 0 atom stereocenters. The van der Waals surface area contributed by atoms with Crippen LogP contribution in [-0.4, -0.2) is 33.9 Å². The highest BCUT2D eigenvalue weighted by Crippen LogP contribution is 2.35. The largest absolute Gasteiger partial charge is 0.493 e. The maximum Gasteiger partial charge on any atom is 0.303 e. The zero-order valence-corrected chi connectivity index (χ0v) is 17.5. The average molecular weight is 422 g/mol. The van der Waals surface area contributed by atoms with E-state index in [1.165, 1.54) is 0 Å². The van der Waals surface area contributed by atoms with E-state index in [1.807, 2.05) is 54.0 Å². The lowest BCUT2D eigenvalue weighted by molar-refractivity contribution is -0.137. The normalized spacial score (nSPS) is 10.9. The standard InChI is InChI=1S/C24H26N2O5/c1-2-8-17-22(23(29)24(25)30)21-18(26(17)15-16-9-4-3-5-10-16)11-6-12-19(21)31-14-7-13-20(27)28/h3-6,9-12H,2,7-8,13-15H2,1H3,(H2,25,30)(H,27,28). The number of hydrogen-bond acceptors (Lipinski definition) is 4. The number of hydrogen-bond donors (Lipinski definition) is 2. The molecule has 3 rings (SSSR count). The van der Waals surface area contributed by atoms with E-state index in [4.69, 9.17) is 15.6 Å². The number of ether oxygens (including phenoxy) is 1. The summed E-state index contributed by atoms with van der Waals surface area (Å²) >= 11 is 0. The minimum absolute atomic E-state index is 0.0147. The Morgan fingerprint density at radius 2 is 1.81 bits per heavy atom. The molecule has 1 amide bonds. The van der Waals surface area contributed by atoms with Gasteiger partial charge in [-0.25, -0.2) is 0 Å². The maximum absolute atomic E-state index is 12.9. The van der Waals surface area contributed by atoms with Crippen molar-refractivity contribution >= 4 is 28.6 Å². The number of carboxylic acids is 1. The van der Waals surface area contributed by atoms with E-state index in [9.17, 15) is 14.4 Å². The van der Waals surface area contributed by atoms with Crippen molar-refractivity contribution in [3.05, 3.63) is 65.4 Å². The van der Waals surface area contributed by atoms with Gasteiger partial charge in [0, 0.05) is 18.7 Å². The molecule has 3 aromatic rings. The van der Waals surface area contributed by atoms with Crippen molar-refractivity contribution in [2.45, 2.75) is 39.2 Å². The van der Waals surface area contributed by atoms with Crippen molar-refractivity contribution in [3.8, 4) is 5.75 Å². The Morgan fingerprint density at radius 1 is 1.06 bits per heavy atom. The lowest BCUT2D eigenvalue weighted by Crippen LogP contribution is -2.24. The van der Waals surface area contributed by atoms with Gasteiger partial charge in [0.2, 0.25) is 0 Å². The van der Waals surface area contributed by atoms with Crippen molar-refractivity contribution in [3.63, 3.8) is 0 Å². The summed E-state index contributed by atoms with van der Waals surface area (Å²) < 4.78 is 7.89. The summed E-state index contributed by atoms with van der Waals surface area (Å²) in [4.78, 5) is 35.5. The number of primary amides is 1. The van der Waals surface area contributed by atoms with Crippen molar-refractivity contribution in [2.75, 3.05) is 6.61 Å². The Hall–Kier alpha value is -3.61. The first-order valence-corrected chi connectivity index (χ1v) is 10.3. The van der Waals surface area contributed by atoms with Crippen LogP contribution >= 0.6 is 0 Å². The van der Waals surface area contributed by atoms with Gasteiger partial charge in [-0.3, -0.25) is 14.4 Å². The number of ketones is 1. The molecule has 1 heterocycles. The van der Waals surface area contributed by atoms with E-state index in [0.29, 0.717) is 30.5 Å². The van der Waals surface area contributed by atoms with Crippen LogP contribution in [0.2, 0.25) is 0 Å². The van der Waals surface area contributed by atoms with Gasteiger partial charge in [-0.15, -0.1) is 0 Å². The Morgan fingerprint density at radius 3 is 2.45 bits per heavy atom. The van der Waals surface area contributed by atoms with Crippen molar-refractivity contribution in [1.29, 1.82) is 0 Å². The SMILES string of the molecule is CCCc1c(C(=O)C(N)=O)c2c(OCCCC(=O)O)cccc2n1Cc1ccccc1. The molecule has 0 saturated carbocycles. The number of benzene rings is 2. The quantitative estimate of drug-likeness (QED) is 0.279. The lowest BCUT2D eigenvalue weighted by Gasteiger charge is -2.11. The Kier molecular flexibility index (Phi) is 7.07. The molecule has 0 aliphatic heterocycles. The third kappa shape index (κ3) is 4.94. The molecule has 0 aliphatic carbocycles. The second-order valence-corrected chi connectivity index (χ2v) is 7.33. The summed E-state index contributed by atoms with van der Waals surface area (Å²) in [5, 5.41) is 9.39. The van der Waals surface area contributed by atoms with E-state index in [1.54, 1.807) is 6.07 Å². The molecule has 3 N–H and O–H groups in total. The van der Waals surface area contributed by atoms with Gasteiger partial charge in [-0.1, -0.05) is 49.7 Å². The molecule has 162 valence electrons. The molecule has 0 bridgehead atoms. The average Bonchev–Trinajstić information content (AvgIpc) is 3.05. The van der Waals surface area contributed by atoms with Gasteiger partial charge in [0.1, 0.15) is 5.75 Å². The summed E-state index contributed by atoms with van der Waals surface area (Å²) in [5.41, 5.74) is 8.23. The third-order valence-corrected chi connectivity index (χ3v) is 5.07. The summed E-state index contributed by atoms with van der Waals surface area (Å²) in [6.07, 6.45) is 1.68. The topological polar surface area (TPSA) is 112 Å². The molecule has 0 unspecified atom stereocenters. The van der Waals surface area contributed by atoms with Crippen LogP contribution in [0.25, 0.3) is 10.9 Å². The molecule has 0 saturated heterocycles. The highest BCUT2D eigenvalue weighted by atomic mass is 16.5. The highest BCUT2D eigenvalue weighted by Gasteiger charge is 2.27. The molecule has 7 heteroatoms. The van der Waals surface area contributed by atoms with Crippen LogP contribution < -0.4 is 10.5 Å². The van der Waals surface area contributed by atoms with Gasteiger partial charge < -0.3 is 20.1 Å². The maximum atomic E-state index is 12.9. The number of fused-ring (bicyclic) bond motifs is 1. The number of aromatic nitrogens is 1. The number of carbonyl (C=O) groups excluding carboxylic acids is 2. The number of Topliss-reactive ketones (excluding diaryl/α,β-unsaturated/α-hetero) is 1. The van der Waals surface area contributed by atoms with Gasteiger partial charge in [0.05, 0.1) is 23.1 Å². The molecule has 0 radical (unpaired) electrons. The number of nitrogens with two attached hydrogens (primary N) is 1. The second-order valence-electron chi connectivity index (χ2n) is 7.33. The van der Waals surface area contributed by atoms with Crippen LogP contribution in [0.3, 0.4) is 0 Å². The fourth-order valence-corrected chi connectivity index (χ4v) is 3.76. The predicted molar refractivity (Wildman–Crippen MR) is 117 cm³/mol. The summed E-state index contributed by atoms with van der Waals surface area (Å²) in [6, 6.07) is 15.3. The molecule has 1 aromatic heterocycles. The molecular weight excluding hydrogens is 396 g/mol. The van der Waals surface area contributed by atoms with Crippen LogP contribution in [0.5, 0.6) is 5.75 Å². The molecule has 0 spiro atoms. The minimum Gasteiger partial charge on any atom is -0.493 e. The van der Waals surface area contributed by atoms with Crippen LogP contribution in [0.1, 0.15) is 47.8 Å². The number of aliphatic carboxylic acids is 1. The monoisotopic (exact) mass is 422 g/mol. The van der Waals surface area contributed by atoms with Crippen LogP contribution in [0, 0.1) is 0 Å². The van der Waals surface area contributed by atoms with Gasteiger partial charge in [0.25, 0.3) is 11.7 Å². The molecule has 2 aromatic carbocycles. The Bertz CT molecular complexity index is 1100. The highest BCUT2D eigenvalue weighted by molar-refractivity contribution is 6.45. The number of nitrogens with zero attached hydrogens (tertiary/aromatic N) is 1. The van der Waals surface area contributed by atoms with Crippen molar-refractivity contribution in [2.24, 2.45) is 5.73 Å². The van der Waals surface area contributed by atoms with E-state index >= 15 is 0 Å². The van der Waals surface area contributed by atoms with E-state index in [0.717, 1.165) is 23.2 Å². The second kappa shape index (κ2) is 9.93. The number of carbonyl (C=O) groups is 3. The van der Waals surface area contributed by atoms with Gasteiger partial charge in [-0.05, 0) is 30.5 Å². The first-order chi connectivity index (χ1) is 14.9. The van der Waals surface area contributed by atoms with Crippen LogP contribution in [0.15, 0.2) is 48.5 Å². The number of carboxylic acid groups (broad SMARTS) is 1. The Labute approximate surface area is 180 Å². The molecule has 7 nitrogen and oxygen atoms in total. The fraction of sp³-hybridized carbons (Fsp3) is 0.292. The first kappa shape index (κ1) is 22.1. The van der Waals surface area contributed by atoms with Gasteiger partial charge in [0.15, 0.2) is 0 Å². The Balaban J connectivity index is 2.16. The molecule has 0 fully saturated rings. The van der Waals surface area contributed by atoms with Crippen LogP contribution in [0.4, 0.5) is 0 Å². The lowest BCUT2D eigenvalue weighted by atomic mass is 10.0. The molecule has 31 heavy (non-hydrogen) atoms. The van der Waals surface area contributed by atoms with E-state index in [2.05, 4.69) is 0 Å². The van der Waals surface area contributed by atoms with E-state index < -0.39 is 17.7 Å². The summed E-state index contributed by atoms with van der Waals surface area (Å²) in [5.74, 6) is -2.22. The predicted octanol–water partition coefficient (Wildman–Crippen LogP) is 3.55. The fourth-order valence-electron chi connectivity index (χ4n) is 3.76. The number of amides is 1. The van der Waals surface area contributed by atoms with Crippen molar-refractivity contribution < 1.29 is 24.2 Å². The summed E-state index contributed by atoms with van der Waals surface area (Å²) in [7, 11) is 0. The third-order valence-electron chi connectivity index (χ3n) is 5.07. The minimum atomic E-state index is -1.02. The number of rotatable bonds is 11. The van der Waals surface area contributed by atoms with Gasteiger partial charge >= 0.3 is 5.97 Å².